The molecular formula is C21H24N2O4. The lowest BCUT2D eigenvalue weighted by molar-refractivity contribution is -0.208. The Hall–Kier alpha value is -2.70. The van der Waals surface area contributed by atoms with Gasteiger partial charge in [0, 0.05) is 13.2 Å². The van der Waals surface area contributed by atoms with E-state index in [4.69, 9.17) is 9.47 Å². The Morgan fingerprint density at radius 1 is 1.11 bits per heavy atom. The van der Waals surface area contributed by atoms with Crippen molar-refractivity contribution < 1.29 is 19.1 Å². The molecule has 1 heterocycles. The van der Waals surface area contributed by atoms with E-state index in [2.05, 4.69) is 5.32 Å². The number of imide groups is 1. The molecule has 6 nitrogen and oxygen atoms in total. The molecule has 0 saturated carbocycles. The zero-order chi connectivity index (χ0) is 19.2. The lowest BCUT2D eigenvalue weighted by Crippen LogP contribution is -2.64. The molecule has 0 aliphatic carbocycles. The summed E-state index contributed by atoms with van der Waals surface area (Å²) in [7, 11) is 0. The van der Waals surface area contributed by atoms with E-state index in [0.29, 0.717) is 13.2 Å². The third-order valence-corrected chi connectivity index (χ3v) is 4.43. The molecule has 3 atom stereocenters. The molecular weight excluding hydrogens is 344 g/mol. The molecule has 1 N–H and O–H groups in total. The van der Waals surface area contributed by atoms with Crippen LogP contribution in [0.4, 0.5) is 4.79 Å². The summed E-state index contributed by atoms with van der Waals surface area (Å²) in [5.41, 5.74) is 1.81. The summed E-state index contributed by atoms with van der Waals surface area (Å²) in [4.78, 5) is 26.5. The van der Waals surface area contributed by atoms with E-state index in [9.17, 15) is 9.59 Å². The van der Waals surface area contributed by atoms with Gasteiger partial charge >= 0.3 is 6.03 Å². The van der Waals surface area contributed by atoms with Crippen LogP contribution in [-0.4, -0.2) is 35.8 Å². The van der Waals surface area contributed by atoms with Crippen LogP contribution in [0.3, 0.4) is 0 Å². The number of urea groups is 1. The van der Waals surface area contributed by atoms with Crippen LogP contribution < -0.4 is 5.32 Å². The molecule has 3 amide bonds. The number of carbonyl (C=O) groups excluding carboxylic acids is 2. The summed E-state index contributed by atoms with van der Waals surface area (Å²) in [5.74, 6) is -0.360. The maximum absolute atomic E-state index is 12.7. The molecule has 6 heteroatoms. The first-order chi connectivity index (χ1) is 13.1. The SMILES string of the molecule is CCO[C@H](C)OC1C(=O)N(C(=O)NCc2ccccc2)C1c1ccccc1. The predicted octanol–water partition coefficient (Wildman–Crippen LogP) is 3.25. The number of ether oxygens (including phenoxy) is 2. The zero-order valence-electron chi connectivity index (χ0n) is 15.5. The predicted molar refractivity (Wildman–Crippen MR) is 101 cm³/mol. The summed E-state index contributed by atoms with van der Waals surface area (Å²) in [5, 5.41) is 2.81. The molecule has 1 saturated heterocycles. The number of amides is 3. The minimum Gasteiger partial charge on any atom is -0.353 e. The van der Waals surface area contributed by atoms with Gasteiger partial charge in [0.15, 0.2) is 12.4 Å². The number of hydrogen-bond acceptors (Lipinski definition) is 4. The highest BCUT2D eigenvalue weighted by atomic mass is 16.7. The van der Waals surface area contributed by atoms with Crippen molar-refractivity contribution in [2.75, 3.05) is 6.61 Å². The maximum atomic E-state index is 12.7. The molecule has 0 radical (unpaired) electrons. The molecule has 1 fully saturated rings. The van der Waals surface area contributed by atoms with E-state index in [0.717, 1.165) is 11.1 Å². The Balaban J connectivity index is 1.72. The van der Waals surface area contributed by atoms with Crippen LogP contribution in [0.1, 0.15) is 31.0 Å². The summed E-state index contributed by atoms with van der Waals surface area (Å²) < 4.78 is 11.1. The molecule has 0 spiro atoms. The van der Waals surface area contributed by atoms with Gasteiger partial charge in [-0.2, -0.15) is 0 Å². The largest absolute Gasteiger partial charge is 0.353 e. The number of carbonyl (C=O) groups is 2. The zero-order valence-corrected chi connectivity index (χ0v) is 15.5. The van der Waals surface area contributed by atoms with E-state index in [1.165, 1.54) is 4.90 Å². The van der Waals surface area contributed by atoms with Gasteiger partial charge in [0.2, 0.25) is 0 Å². The molecule has 2 aromatic rings. The van der Waals surface area contributed by atoms with Crippen molar-refractivity contribution in [3.05, 3.63) is 71.8 Å². The molecule has 3 rings (SSSR count). The summed E-state index contributed by atoms with van der Waals surface area (Å²) in [6.07, 6.45) is -1.26. The summed E-state index contributed by atoms with van der Waals surface area (Å²) in [6, 6.07) is 18.1. The van der Waals surface area contributed by atoms with E-state index in [1.54, 1.807) is 6.92 Å². The van der Waals surface area contributed by atoms with Gasteiger partial charge in [-0.1, -0.05) is 60.7 Å². The van der Waals surface area contributed by atoms with Gasteiger partial charge in [-0.05, 0) is 25.0 Å². The van der Waals surface area contributed by atoms with Crippen LogP contribution in [0.15, 0.2) is 60.7 Å². The monoisotopic (exact) mass is 368 g/mol. The van der Waals surface area contributed by atoms with Crippen LogP contribution in [0, 0.1) is 0 Å². The first kappa shape index (κ1) is 19.1. The minimum atomic E-state index is -0.739. The molecule has 0 bridgehead atoms. The Morgan fingerprint density at radius 3 is 2.37 bits per heavy atom. The highest BCUT2D eigenvalue weighted by molar-refractivity contribution is 6.03. The maximum Gasteiger partial charge on any atom is 0.325 e. The first-order valence-electron chi connectivity index (χ1n) is 9.08. The number of hydrogen-bond donors (Lipinski definition) is 1. The summed E-state index contributed by atoms with van der Waals surface area (Å²) >= 11 is 0. The third-order valence-electron chi connectivity index (χ3n) is 4.43. The fourth-order valence-corrected chi connectivity index (χ4v) is 3.13. The van der Waals surface area contributed by atoms with Crippen molar-refractivity contribution in [3.63, 3.8) is 0 Å². The number of nitrogens with one attached hydrogen (secondary N) is 1. The molecule has 1 aliphatic heterocycles. The second-order valence-corrected chi connectivity index (χ2v) is 6.29. The van der Waals surface area contributed by atoms with Crippen molar-refractivity contribution in [3.8, 4) is 0 Å². The molecule has 2 unspecified atom stereocenters. The molecule has 27 heavy (non-hydrogen) atoms. The lowest BCUT2D eigenvalue weighted by Gasteiger charge is -2.45. The smallest absolute Gasteiger partial charge is 0.325 e. The summed E-state index contributed by atoms with van der Waals surface area (Å²) in [6.45, 7) is 4.45. The van der Waals surface area contributed by atoms with Crippen LogP contribution in [0.5, 0.6) is 0 Å². The van der Waals surface area contributed by atoms with E-state index in [-0.39, 0.29) is 5.91 Å². The normalized spacial score (nSPS) is 20.1. The lowest BCUT2D eigenvalue weighted by atomic mass is 9.91. The minimum absolute atomic E-state index is 0.353. The van der Waals surface area contributed by atoms with Crippen molar-refractivity contribution in [1.82, 2.24) is 10.2 Å². The van der Waals surface area contributed by atoms with Crippen LogP contribution in [0.2, 0.25) is 0 Å². The third kappa shape index (κ3) is 4.35. The van der Waals surface area contributed by atoms with Crippen LogP contribution in [0.25, 0.3) is 0 Å². The van der Waals surface area contributed by atoms with Gasteiger partial charge in [-0.15, -0.1) is 0 Å². The van der Waals surface area contributed by atoms with E-state index >= 15 is 0 Å². The Bertz CT molecular complexity index is 766. The number of nitrogens with zero attached hydrogens (tertiary/aromatic N) is 1. The van der Waals surface area contributed by atoms with Gasteiger partial charge in [0.05, 0.1) is 0 Å². The number of likely N-dealkylation sites (tertiary alicyclic amines) is 1. The van der Waals surface area contributed by atoms with E-state index < -0.39 is 24.5 Å². The molecule has 0 aromatic heterocycles. The highest BCUT2D eigenvalue weighted by Crippen LogP contribution is 2.37. The Kier molecular flexibility index (Phi) is 6.21. The van der Waals surface area contributed by atoms with Gasteiger partial charge in [-0.3, -0.25) is 9.69 Å². The fraction of sp³-hybridized carbons (Fsp3) is 0.333. The van der Waals surface area contributed by atoms with Crippen LogP contribution >= 0.6 is 0 Å². The van der Waals surface area contributed by atoms with Crippen molar-refractivity contribution in [2.45, 2.75) is 38.8 Å². The van der Waals surface area contributed by atoms with Crippen molar-refractivity contribution >= 4 is 11.9 Å². The standard InChI is InChI=1S/C21H24N2O4/c1-3-26-15(2)27-19-18(17-12-8-5-9-13-17)23(20(19)24)21(25)22-14-16-10-6-4-7-11-16/h4-13,15,18-19H,3,14H2,1-2H3,(H,22,25)/t15-,18?,19?/m0/s1. The second kappa shape index (κ2) is 8.79. The topological polar surface area (TPSA) is 67.9 Å². The molecule has 142 valence electrons. The van der Waals surface area contributed by atoms with Gasteiger partial charge < -0.3 is 14.8 Å². The van der Waals surface area contributed by atoms with Gasteiger partial charge in [-0.25, -0.2) is 4.79 Å². The molecule has 2 aromatic carbocycles. The fourth-order valence-electron chi connectivity index (χ4n) is 3.13. The van der Waals surface area contributed by atoms with Gasteiger partial charge in [0.1, 0.15) is 6.04 Å². The van der Waals surface area contributed by atoms with E-state index in [1.807, 2.05) is 67.6 Å². The Morgan fingerprint density at radius 2 is 1.74 bits per heavy atom. The Labute approximate surface area is 159 Å². The van der Waals surface area contributed by atoms with Crippen LogP contribution in [-0.2, 0) is 20.8 Å². The molecule has 1 aliphatic rings. The highest BCUT2D eigenvalue weighted by Gasteiger charge is 2.53. The number of β-lactam (4-membered cyclic amide) rings is 1. The van der Waals surface area contributed by atoms with Crippen molar-refractivity contribution in [2.24, 2.45) is 0 Å². The average Bonchev–Trinajstić information content (AvgIpc) is 2.70. The number of benzene rings is 2. The quantitative estimate of drug-likeness (QED) is 0.602. The van der Waals surface area contributed by atoms with Crippen molar-refractivity contribution in [1.29, 1.82) is 0 Å². The first-order valence-corrected chi connectivity index (χ1v) is 9.08. The second-order valence-electron chi connectivity index (χ2n) is 6.29. The van der Waals surface area contributed by atoms with Gasteiger partial charge in [0.25, 0.3) is 5.91 Å². The number of rotatable bonds is 7. The average molecular weight is 368 g/mol.